The van der Waals surface area contributed by atoms with Gasteiger partial charge in [0.1, 0.15) is 5.60 Å². The quantitative estimate of drug-likeness (QED) is 0.374. The number of likely N-dealkylation sites (N-methyl/N-ethyl adjacent to an activating group) is 2. The maximum Gasteiger partial charge on any atom is 0.456 e. The molecular formula is C32H41F5N2O2. The summed E-state index contributed by atoms with van der Waals surface area (Å²) in [7, 11) is 6.08. The summed E-state index contributed by atoms with van der Waals surface area (Å²) >= 11 is 0. The number of fused-ring (bicyclic) bond motifs is 4. The van der Waals surface area contributed by atoms with E-state index in [4.69, 9.17) is 0 Å². The highest BCUT2D eigenvalue weighted by molar-refractivity contribution is 5.93. The summed E-state index contributed by atoms with van der Waals surface area (Å²) in [6.45, 7) is 3.98. The molecular weight excluding hydrogens is 539 g/mol. The number of allylic oxidation sites excluding steroid dienone is 4. The molecule has 1 N–H and O–H groups in total. The number of alkyl halides is 5. The van der Waals surface area contributed by atoms with Gasteiger partial charge in [-0.2, -0.15) is 22.0 Å². The summed E-state index contributed by atoms with van der Waals surface area (Å²) in [5.74, 6) is -6.28. The zero-order valence-corrected chi connectivity index (χ0v) is 24.3. The molecule has 0 aromatic heterocycles. The molecule has 4 nitrogen and oxygen atoms in total. The molecule has 226 valence electrons. The third-order valence-electron chi connectivity index (χ3n) is 10.5. The fourth-order valence-corrected chi connectivity index (χ4v) is 8.33. The van der Waals surface area contributed by atoms with E-state index in [-0.39, 0.29) is 24.5 Å². The van der Waals surface area contributed by atoms with E-state index in [9.17, 15) is 23.1 Å². The largest absolute Gasteiger partial charge is 0.456 e. The van der Waals surface area contributed by atoms with Crippen LogP contribution in [0.1, 0.15) is 68.9 Å². The van der Waals surface area contributed by atoms with Crippen LogP contribution in [0.4, 0.5) is 22.0 Å². The van der Waals surface area contributed by atoms with Crippen LogP contribution >= 0.6 is 0 Å². The fraction of sp³-hybridized carbons (Fsp3) is 0.656. The van der Waals surface area contributed by atoms with Crippen LogP contribution in [-0.4, -0.2) is 72.6 Å². The highest BCUT2D eigenvalue weighted by Crippen LogP contribution is 2.70. The Balaban J connectivity index is 1.55. The highest BCUT2D eigenvalue weighted by atomic mass is 19.4. The first-order valence-electron chi connectivity index (χ1n) is 14.6. The molecule has 4 aliphatic carbocycles. The lowest BCUT2D eigenvalue weighted by Crippen LogP contribution is -2.65. The maximum absolute atomic E-state index is 15.1. The van der Waals surface area contributed by atoms with Gasteiger partial charge in [-0.05, 0) is 99.9 Å². The Morgan fingerprint density at radius 2 is 1.66 bits per heavy atom. The zero-order chi connectivity index (χ0) is 30.0. The van der Waals surface area contributed by atoms with Gasteiger partial charge in [0.2, 0.25) is 0 Å². The summed E-state index contributed by atoms with van der Waals surface area (Å²) in [5, 5.41) is 11.4. The Labute approximate surface area is 239 Å². The van der Waals surface area contributed by atoms with E-state index in [1.807, 2.05) is 45.4 Å². The van der Waals surface area contributed by atoms with E-state index in [0.717, 1.165) is 47.5 Å². The van der Waals surface area contributed by atoms with Gasteiger partial charge in [-0.3, -0.25) is 4.79 Å². The summed E-state index contributed by atoms with van der Waals surface area (Å²) < 4.78 is 71.6. The van der Waals surface area contributed by atoms with Crippen LogP contribution in [-0.2, 0) is 11.3 Å². The standard InChI is InChI=1S/C32H41F5N2O2/c1-29-18-26(21-7-5-20(6-8-21)19-39(4)16-15-38(2)3)28-24-12-10-23(40)17-22(24)9-11-25(28)27(29)13-14-30(29,41)31(33,34)32(35,36)37/h5-8,17,25-27,41H,9-16,18-19H2,1-4H3/t25-,26+,27-,29-,30+/m0/s1. The van der Waals surface area contributed by atoms with Crippen LogP contribution in [0.2, 0.25) is 0 Å². The molecule has 2 fully saturated rings. The normalized spacial score (nSPS) is 32.2. The molecule has 9 heteroatoms. The molecule has 41 heavy (non-hydrogen) atoms. The van der Waals surface area contributed by atoms with Gasteiger partial charge >= 0.3 is 12.1 Å². The predicted molar refractivity (Wildman–Crippen MR) is 148 cm³/mol. The van der Waals surface area contributed by atoms with Crippen molar-refractivity contribution in [2.75, 3.05) is 34.2 Å². The molecule has 0 radical (unpaired) electrons. The number of carbonyl (C=O) groups excluding carboxylic acids is 1. The number of hydrogen-bond acceptors (Lipinski definition) is 4. The van der Waals surface area contributed by atoms with Crippen molar-refractivity contribution >= 4 is 5.78 Å². The number of ketones is 1. The summed E-state index contributed by atoms with van der Waals surface area (Å²) in [6, 6.07) is 7.95. The number of halogens is 5. The van der Waals surface area contributed by atoms with E-state index < -0.39 is 41.4 Å². The molecule has 0 unspecified atom stereocenters. The maximum atomic E-state index is 15.1. The lowest BCUT2D eigenvalue weighted by molar-refractivity contribution is -0.362. The number of hydrogen-bond donors (Lipinski definition) is 1. The summed E-state index contributed by atoms with van der Waals surface area (Å²) in [4.78, 5) is 16.5. The second-order valence-electron chi connectivity index (χ2n) is 13.2. The minimum Gasteiger partial charge on any atom is -0.383 e. The topological polar surface area (TPSA) is 43.8 Å². The molecule has 0 amide bonds. The van der Waals surface area contributed by atoms with E-state index >= 15 is 8.78 Å². The molecule has 1 aromatic rings. The van der Waals surface area contributed by atoms with Crippen LogP contribution in [0.25, 0.3) is 0 Å². The number of aliphatic hydroxyl groups is 1. The van der Waals surface area contributed by atoms with Gasteiger partial charge in [0.25, 0.3) is 0 Å². The van der Waals surface area contributed by atoms with Gasteiger partial charge in [-0.25, -0.2) is 0 Å². The Hall–Kier alpha value is -2.10. The SMILES string of the molecule is CN(C)CCN(C)Cc1ccc([C@H]2C[C@@]3(C)[C@@H](CC[C@]3(O)C(F)(F)C(F)(F)F)[C@@H]3CCC4=CC(=O)CCC4=C32)cc1. The first-order valence-corrected chi connectivity index (χ1v) is 14.6. The molecule has 4 aliphatic rings. The van der Waals surface area contributed by atoms with Gasteiger partial charge in [0, 0.05) is 37.4 Å². The minimum atomic E-state index is -5.85. The van der Waals surface area contributed by atoms with Crippen LogP contribution < -0.4 is 0 Å². The van der Waals surface area contributed by atoms with E-state index in [0.29, 0.717) is 25.7 Å². The molecule has 0 spiro atoms. The number of benzene rings is 1. The minimum absolute atomic E-state index is 0.00151. The molecule has 5 rings (SSSR count). The van der Waals surface area contributed by atoms with Gasteiger partial charge in [-0.1, -0.05) is 36.8 Å². The van der Waals surface area contributed by atoms with E-state index in [1.165, 1.54) is 6.92 Å². The van der Waals surface area contributed by atoms with Crippen molar-refractivity contribution in [3.8, 4) is 0 Å². The van der Waals surface area contributed by atoms with Crippen molar-refractivity contribution in [2.45, 2.75) is 82.0 Å². The molecule has 0 bridgehead atoms. The number of nitrogens with zero attached hydrogens (tertiary/aromatic N) is 2. The van der Waals surface area contributed by atoms with Crippen molar-refractivity contribution in [1.82, 2.24) is 9.80 Å². The van der Waals surface area contributed by atoms with Crippen LogP contribution in [0.15, 0.2) is 47.1 Å². The third-order valence-corrected chi connectivity index (χ3v) is 10.5. The lowest BCUT2D eigenvalue weighted by atomic mass is 9.50. The van der Waals surface area contributed by atoms with Crippen molar-refractivity contribution in [1.29, 1.82) is 0 Å². The summed E-state index contributed by atoms with van der Waals surface area (Å²) in [6.07, 6.45) is -2.51. The van der Waals surface area contributed by atoms with Crippen LogP contribution in [0, 0.1) is 17.3 Å². The fourth-order valence-electron chi connectivity index (χ4n) is 8.33. The predicted octanol–water partition coefficient (Wildman–Crippen LogP) is 6.51. The second-order valence-corrected chi connectivity index (χ2v) is 13.2. The molecule has 5 atom stereocenters. The van der Waals surface area contributed by atoms with Gasteiger partial charge in [0.05, 0.1) is 0 Å². The van der Waals surface area contributed by atoms with Gasteiger partial charge in [0.15, 0.2) is 5.78 Å². The lowest BCUT2D eigenvalue weighted by Gasteiger charge is -2.56. The second kappa shape index (κ2) is 10.6. The van der Waals surface area contributed by atoms with Crippen molar-refractivity contribution in [3.63, 3.8) is 0 Å². The smallest absolute Gasteiger partial charge is 0.383 e. The van der Waals surface area contributed by atoms with Crippen LogP contribution in [0.5, 0.6) is 0 Å². The van der Waals surface area contributed by atoms with Crippen LogP contribution in [0.3, 0.4) is 0 Å². The Kier molecular flexibility index (Phi) is 7.82. The van der Waals surface area contributed by atoms with Crippen molar-refractivity contribution < 1.29 is 31.9 Å². The highest BCUT2D eigenvalue weighted by Gasteiger charge is 2.79. The number of rotatable bonds is 7. The van der Waals surface area contributed by atoms with Gasteiger partial charge < -0.3 is 14.9 Å². The monoisotopic (exact) mass is 580 g/mol. The van der Waals surface area contributed by atoms with Gasteiger partial charge in [-0.15, -0.1) is 0 Å². The average molecular weight is 581 g/mol. The molecule has 2 saturated carbocycles. The first kappa shape index (κ1) is 30.4. The Bertz CT molecular complexity index is 1240. The number of carbonyl (C=O) groups is 1. The average Bonchev–Trinajstić information content (AvgIpc) is 3.18. The third kappa shape index (κ3) is 4.99. The Morgan fingerprint density at radius 1 is 0.976 bits per heavy atom. The van der Waals surface area contributed by atoms with Crippen molar-refractivity contribution in [3.05, 3.63) is 58.2 Å². The Morgan fingerprint density at radius 3 is 2.29 bits per heavy atom. The molecule has 0 heterocycles. The first-order chi connectivity index (χ1) is 19.1. The molecule has 0 aliphatic heterocycles. The van der Waals surface area contributed by atoms with E-state index in [2.05, 4.69) is 9.80 Å². The molecule has 0 saturated heterocycles. The summed E-state index contributed by atoms with van der Waals surface area (Å²) in [5.41, 5.74) is 0.269. The zero-order valence-electron chi connectivity index (χ0n) is 24.3. The molecule has 1 aromatic carbocycles. The van der Waals surface area contributed by atoms with Crippen molar-refractivity contribution in [2.24, 2.45) is 17.3 Å². The van der Waals surface area contributed by atoms with E-state index in [1.54, 1.807) is 6.08 Å².